The second-order valence-corrected chi connectivity index (χ2v) is 6.68. The van der Waals surface area contributed by atoms with Gasteiger partial charge >= 0.3 is 5.97 Å². The van der Waals surface area contributed by atoms with Crippen LogP contribution in [-0.4, -0.2) is 25.5 Å². The van der Waals surface area contributed by atoms with E-state index in [-0.39, 0.29) is 11.3 Å². The number of nitrogen functional groups attached to an aromatic ring is 1. The Bertz CT molecular complexity index is 802. The van der Waals surface area contributed by atoms with Crippen molar-refractivity contribution in [3.63, 3.8) is 0 Å². The summed E-state index contributed by atoms with van der Waals surface area (Å²) in [5.74, 6) is -1.19. The SMILES string of the molecule is CCCC(NS(=O)(=O)c1ccc(N)c2ccccc12)C(=O)O. The molecule has 4 N–H and O–H groups in total. The standard InChI is InChI=1S/C15H18N2O4S/c1-2-5-13(15(18)19)17-22(20,21)14-9-8-12(16)10-6-3-4-7-11(10)14/h3-4,6-9,13,17H,2,5,16H2,1H3,(H,18,19). The molecule has 0 bridgehead atoms. The number of hydrogen-bond donors (Lipinski definition) is 3. The fourth-order valence-electron chi connectivity index (χ4n) is 2.30. The molecule has 0 heterocycles. The van der Waals surface area contributed by atoms with Crippen LogP contribution < -0.4 is 10.5 Å². The van der Waals surface area contributed by atoms with Crippen LogP contribution in [0.2, 0.25) is 0 Å². The number of sulfonamides is 1. The van der Waals surface area contributed by atoms with Gasteiger partial charge in [0.15, 0.2) is 0 Å². The highest BCUT2D eigenvalue weighted by Gasteiger charge is 2.26. The molecule has 0 saturated carbocycles. The van der Waals surface area contributed by atoms with Crippen LogP contribution in [0.15, 0.2) is 41.3 Å². The van der Waals surface area contributed by atoms with Gasteiger partial charge in [0.2, 0.25) is 10.0 Å². The fraction of sp³-hybridized carbons (Fsp3) is 0.267. The van der Waals surface area contributed by atoms with Crippen LogP contribution in [0.4, 0.5) is 5.69 Å². The lowest BCUT2D eigenvalue weighted by Crippen LogP contribution is -2.40. The molecular weight excluding hydrogens is 304 g/mol. The van der Waals surface area contributed by atoms with E-state index in [4.69, 9.17) is 10.8 Å². The number of carboxylic acid groups (broad SMARTS) is 1. The van der Waals surface area contributed by atoms with Gasteiger partial charge in [0.05, 0.1) is 4.90 Å². The predicted molar refractivity (Wildman–Crippen MR) is 85.0 cm³/mol. The van der Waals surface area contributed by atoms with Gasteiger partial charge in [0, 0.05) is 16.5 Å². The highest BCUT2D eigenvalue weighted by molar-refractivity contribution is 7.89. The monoisotopic (exact) mass is 322 g/mol. The van der Waals surface area contributed by atoms with Crippen molar-refractivity contribution in [1.82, 2.24) is 4.72 Å². The normalized spacial score (nSPS) is 13.1. The summed E-state index contributed by atoms with van der Waals surface area (Å²) in [7, 11) is -3.96. The van der Waals surface area contributed by atoms with Crippen molar-refractivity contribution < 1.29 is 18.3 Å². The first kappa shape index (κ1) is 16.3. The minimum atomic E-state index is -3.96. The first-order valence-corrected chi connectivity index (χ1v) is 8.37. The largest absolute Gasteiger partial charge is 0.480 e. The topological polar surface area (TPSA) is 109 Å². The summed E-state index contributed by atoms with van der Waals surface area (Å²) < 4.78 is 27.3. The Labute approximate surface area is 129 Å². The molecule has 0 fully saturated rings. The molecular formula is C15H18N2O4S. The van der Waals surface area contributed by atoms with Crippen molar-refractivity contribution in [3.8, 4) is 0 Å². The fourth-order valence-corrected chi connectivity index (χ4v) is 3.74. The van der Waals surface area contributed by atoms with E-state index < -0.39 is 22.0 Å². The molecule has 0 aliphatic heterocycles. The third-order valence-corrected chi connectivity index (χ3v) is 4.91. The number of nitrogens with two attached hydrogens (primary N) is 1. The summed E-state index contributed by atoms with van der Waals surface area (Å²) >= 11 is 0. The van der Waals surface area contributed by atoms with Gasteiger partial charge in [-0.15, -0.1) is 0 Å². The molecule has 0 saturated heterocycles. The molecule has 0 spiro atoms. The third kappa shape index (κ3) is 3.20. The number of carboxylic acids is 1. The minimum Gasteiger partial charge on any atom is -0.480 e. The molecule has 2 rings (SSSR count). The zero-order chi connectivity index (χ0) is 16.3. The molecule has 118 valence electrons. The van der Waals surface area contributed by atoms with Gasteiger partial charge in [-0.05, 0) is 18.6 Å². The number of benzene rings is 2. The maximum Gasteiger partial charge on any atom is 0.321 e. The van der Waals surface area contributed by atoms with Gasteiger partial charge in [0.1, 0.15) is 6.04 Å². The Hall–Kier alpha value is -2.12. The highest BCUT2D eigenvalue weighted by atomic mass is 32.2. The van der Waals surface area contributed by atoms with Crippen LogP contribution in [-0.2, 0) is 14.8 Å². The van der Waals surface area contributed by atoms with E-state index in [0.29, 0.717) is 22.9 Å². The lowest BCUT2D eigenvalue weighted by atomic mass is 10.1. The van der Waals surface area contributed by atoms with Crippen molar-refractivity contribution >= 4 is 32.5 Å². The Morgan fingerprint density at radius 1 is 1.23 bits per heavy atom. The number of fused-ring (bicyclic) bond motifs is 1. The number of carbonyl (C=O) groups is 1. The second kappa shape index (κ2) is 6.33. The smallest absolute Gasteiger partial charge is 0.321 e. The average Bonchev–Trinajstić information content (AvgIpc) is 2.47. The molecule has 6 nitrogen and oxygen atoms in total. The molecule has 1 atom stereocenters. The molecule has 0 radical (unpaired) electrons. The molecule has 7 heteroatoms. The van der Waals surface area contributed by atoms with Crippen molar-refractivity contribution in [1.29, 1.82) is 0 Å². The van der Waals surface area contributed by atoms with E-state index in [9.17, 15) is 13.2 Å². The summed E-state index contributed by atoms with van der Waals surface area (Å²) in [6.07, 6.45) is 0.781. The molecule has 2 aromatic rings. The highest BCUT2D eigenvalue weighted by Crippen LogP contribution is 2.27. The quantitative estimate of drug-likeness (QED) is 0.704. The second-order valence-electron chi connectivity index (χ2n) is 5.00. The van der Waals surface area contributed by atoms with E-state index >= 15 is 0 Å². The number of anilines is 1. The zero-order valence-corrected chi connectivity index (χ0v) is 12.9. The van der Waals surface area contributed by atoms with Crippen LogP contribution in [0.1, 0.15) is 19.8 Å². The molecule has 0 aromatic heterocycles. The average molecular weight is 322 g/mol. The van der Waals surface area contributed by atoms with Gasteiger partial charge < -0.3 is 10.8 Å². The third-order valence-electron chi connectivity index (χ3n) is 3.38. The van der Waals surface area contributed by atoms with Gasteiger partial charge in [-0.1, -0.05) is 37.6 Å². The lowest BCUT2D eigenvalue weighted by molar-refractivity contribution is -0.139. The van der Waals surface area contributed by atoms with Crippen molar-refractivity contribution in [3.05, 3.63) is 36.4 Å². The summed E-state index contributed by atoms with van der Waals surface area (Å²) in [5, 5.41) is 10.2. The van der Waals surface area contributed by atoms with Crippen molar-refractivity contribution in [2.75, 3.05) is 5.73 Å². The zero-order valence-electron chi connectivity index (χ0n) is 12.1. The van der Waals surface area contributed by atoms with Crippen LogP contribution >= 0.6 is 0 Å². The van der Waals surface area contributed by atoms with Gasteiger partial charge in [0.25, 0.3) is 0 Å². The molecule has 1 unspecified atom stereocenters. The van der Waals surface area contributed by atoms with Crippen LogP contribution in [0.25, 0.3) is 10.8 Å². The molecule has 0 amide bonds. The maximum atomic E-state index is 12.5. The predicted octanol–water partition coefficient (Wildman–Crippen LogP) is 1.95. The summed E-state index contributed by atoms with van der Waals surface area (Å²) in [4.78, 5) is 11.2. The van der Waals surface area contributed by atoms with E-state index in [1.165, 1.54) is 12.1 Å². The first-order valence-electron chi connectivity index (χ1n) is 6.89. The molecule has 0 aliphatic carbocycles. The first-order chi connectivity index (χ1) is 10.4. The van der Waals surface area contributed by atoms with Crippen LogP contribution in [0.3, 0.4) is 0 Å². The molecule has 2 aromatic carbocycles. The van der Waals surface area contributed by atoms with E-state index in [1.807, 2.05) is 0 Å². The van der Waals surface area contributed by atoms with Gasteiger partial charge in [-0.2, -0.15) is 4.72 Å². The Balaban J connectivity index is 2.50. The number of rotatable bonds is 6. The molecule has 0 aliphatic rings. The van der Waals surface area contributed by atoms with Gasteiger partial charge in [-0.25, -0.2) is 8.42 Å². The van der Waals surface area contributed by atoms with E-state index in [0.717, 1.165) is 0 Å². The van der Waals surface area contributed by atoms with E-state index in [1.54, 1.807) is 31.2 Å². The Morgan fingerprint density at radius 3 is 2.45 bits per heavy atom. The van der Waals surface area contributed by atoms with Crippen LogP contribution in [0, 0.1) is 0 Å². The Morgan fingerprint density at radius 2 is 1.86 bits per heavy atom. The summed E-state index contributed by atoms with van der Waals surface area (Å²) in [6.45, 7) is 1.79. The van der Waals surface area contributed by atoms with Crippen molar-refractivity contribution in [2.24, 2.45) is 0 Å². The van der Waals surface area contributed by atoms with Crippen molar-refractivity contribution in [2.45, 2.75) is 30.7 Å². The molecule has 22 heavy (non-hydrogen) atoms. The maximum absolute atomic E-state index is 12.5. The minimum absolute atomic E-state index is 0.0275. The van der Waals surface area contributed by atoms with Crippen LogP contribution in [0.5, 0.6) is 0 Å². The number of hydrogen-bond acceptors (Lipinski definition) is 4. The summed E-state index contributed by atoms with van der Waals surface area (Å²) in [5.41, 5.74) is 6.33. The summed E-state index contributed by atoms with van der Waals surface area (Å²) in [6, 6.07) is 8.60. The number of nitrogens with one attached hydrogen (secondary N) is 1. The van der Waals surface area contributed by atoms with Gasteiger partial charge in [-0.3, -0.25) is 4.79 Å². The number of aliphatic carboxylic acids is 1. The lowest BCUT2D eigenvalue weighted by Gasteiger charge is -2.15. The Kier molecular flexibility index (Phi) is 4.68. The van der Waals surface area contributed by atoms with E-state index in [2.05, 4.69) is 4.72 Å².